The Morgan fingerprint density at radius 2 is 2.14 bits per heavy atom. The number of thioether (sulfide) groups is 1. The summed E-state index contributed by atoms with van der Waals surface area (Å²) in [4.78, 5) is 14.7. The van der Waals surface area contributed by atoms with Gasteiger partial charge in [-0.15, -0.1) is 11.8 Å². The van der Waals surface area contributed by atoms with E-state index in [2.05, 4.69) is 46.1 Å². The molecule has 1 unspecified atom stereocenters. The van der Waals surface area contributed by atoms with Crippen LogP contribution < -0.4 is 5.32 Å². The number of amides is 1. The summed E-state index contributed by atoms with van der Waals surface area (Å²) in [6.45, 7) is 3.78. The molecule has 110 valence electrons. The SMILES string of the molecule is CN1CCn2c(c(C3SCCNC3=O)c3ccccc32)C1. The molecule has 21 heavy (non-hydrogen) atoms. The van der Waals surface area contributed by atoms with E-state index in [-0.39, 0.29) is 11.2 Å². The highest BCUT2D eigenvalue weighted by molar-refractivity contribution is 8.00. The van der Waals surface area contributed by atoms with Crippen LogP contribution in [0, 0.1) is 0 Å². The van der Waals surface area contributed by atoms with Gasteiger partial charge in [-0.2, -0.15) is 0 Å². The van der Waals surface area contributed by atoms with Crippen molar-refractivity contribution in [2.24, 2.45) is 0 Å². The number of hydrogen-bond acceptors (Lipinski definition) is 3. The minimum Gasteiger partial charge on any atom is -0.354 e. The Balaban J connectivity index is 1.94. The van der Waals surface area contributed by atoms with Gasteiger partial charge in [-0.05, 0) is 13.1 Å². The van der Waals surface area contributed by atoms with Crippen molar-refractivity contribution in [2.45, 2.75) is 18.3 Å². The Morgan fingerprint density at radius 1 is 1.29 bits per heavy atom. The van der Waals surface area contributed by atoms with E-state index < -0.39 is 0 Å². The lowest BCUT2D eigenvalue weighted by Crippen LogP contribution is -2.36. The molecule has 1 aromatic heterocycles. The van der Waals surface area contributed by atoms with Gasteiger partial charge in [0.15, 0.2) is 0 Å². The summed E-state index contributed by atoms with van der Waals surface area (Å²) in [6, 6.07) is 8.51. The van der Waals surface area contributed by atoms with Crippen molar-refractivity contribution in [3.63, 3.8) is 0 Å². The zero-order valence-electron chi connectivity index (χ0n) is 12.1. The van der Waals surface area contributed by atoms with Crippen LogP contribution in [0.1, 0.15) is 16.5 Å². The first-order chi connectivity index (χ1) is 10.3. The number of aromatic nitrogens is 1. The maximum Gasteiger partial charge on any atom is 0.237 e. The molecule has 1 saturated heterocycles. The number of benzene rings is 1. The molecule has 2 aliphatic rings. The fraction of sp³-hybridized carbons (Fsp3) is 0.438. The van der Waals surface area contributed by atoms with Crippen LogP contribution >= 0.6 is 11.8 Å². The van der Waals surface area contributed by atoms with Gasteiger partial charge in [0, 0.05) is 54.1 Å². The number of rotatable bonds is 1. The molecule has 3 heterocycles. The number of nitrogens with one attached hydrogen (secondary N) is 1. The molecule has 2 aromatic rings. The van der Waals surface area contributed by atoms with Gasteiger partial charge in [0.2, 0.25) is 5.91 Å². The molecule has 1 fully saturated rings. The second-order valence-corrected chi connectivity index (χ2v) is 7.02. The monoisotopic (exact) mass is 301 g/mol. The first kappa shape index (κ1) is 13.2. The molecule has 1 aromatic carbocycles. The maximum atomic E-state index is 12.3. The quantitative estimate of drug-likeness (QED) is 0.875. The lowest BCUT2D eigenvalue weighted by atomic mass is 10.1. The van der Waals surface area contributed by atoms with Crippen LogP contribution in [0.25, 0.3) is 10.9 Å². The van der Waals surface area contributed by atoms with E-state index >= 15 is 0 Å². The largest absolute Gasteiger partial charge is 0.354 e. The molecular weight excluding hydrogens is 282 g/mol. The lowest BCUT2D eigenvalue weighted by molar-refractivity contribution is -0.120. The average Bonchev–Trinajstić information content (AvgIpc) is 2.81. The summed E-state index contributed by atoms with van der Waals surface area (Å²) in [6.07, 6.45) is 0. The van der Waals surface area contributed by atoms with Gasteiger partial charge in [-0.3, -0.25) is 9.69 Å². The molecule has 0 aliphatic carbocycles. The summed E-state index contributed by atoms with van der Waals surface area (Å²) in [5.41, 5.74) is 3.83. The number of para-hydroxylation sites is 1. The van der Waals surface area contributed by atoms with E-state index in [1.54, 1.807) is 11.8 Å². The van der Waals surface area contributed by atoms with Gasteiger partial charge < -0.3 is 9.88 Å². The topological polar surface area (TPSA) is 37.3 Å². The van der Waals surface area contributed by atoms with Gasteiger partial charge in [-0.1, -0.05) is 18.2 Å². The second kappa shape index (κ2) is 5.07. The first-order valence-corrected chi connectivity index (χ1v) is 8.48. The van der Waals surface area contributed by atoms with Gasteiger partial charge in [-0.25, -0.2) is 0 Å². The Hall–Kier alpha value is -1.46. The Kier molecular flexibility index (Phi) is 3.19. The van der Waals surface area contributed by atoms with Gasteiger partial charge in [0.25, 0.3) is 0 Å². The van der Waals surface area contributed by atoms with Gasteiger partial charge in [0.1, 0.15) is 5.25 Å². The van der Waals surface area contributed by atoms with E-state index in [1.165, 1.54) is 22.2 Å². The third-order valence-electron chi connectivity index (χ3n) is 4.43. The highest BCUT2D eigenvalue weighted by Crippen LogP contribution is 2.40. The van der Waals surface area contributed by atoms with E-state index in [0.717, 1.165) is 31.9 Å². The molecule has 0 saturated carbocycles. The van der Waals surface area contributed by atoms with Gasteiger partial charge >= 0.3 is 0 Å². The lowest BCUT2D eigenvalue weighted by Gasteiger charge is -2.28. The molecule has 1 atom stereocenters. The van der Waals surface area contributed by atoms with Crippen molar-refractivity contribution in [1.29, 1.82) is 0 Å². The van der Waals surface area contributed by atoms with E-state index in [4.69, 9.17) is 0 Å². The maximum absolute atomic E-state index is 12.3. The molecule has 1 N–H and O–H groups in total. The molecule has 2 aliphatic heterocycles. The zero-order valence-corrected chi connectivity index (χ0v) is 12.9. The predicted molar refractivity (Wildman–Crippen MR) is 86.5 cm³/mol. The molecule has 5 heteroatoms. The highest BCUT2D eigenvalue weighted by Gasteiger charge is 2.32. The van der Waals surface area contributed by atoms with Crippen molar-refractivity contribution in [1.82, 2.24) is 14.8 Å². The first-order valence-electron chi connectivity index (χ1n) is 7.43. The summed E-state index contributed by atoms with van der Waals surface area (Å²) >= 11 is 1.77. The van der Waals surface area contributed by atoms with Crippen LogP contribution in [0.3, 0.4) is 0 Å². The molecule has 4 rings (SSSR count). The third-order valence-corrected chi connectivity index (χ3v) is 5.66. The zero-order chi connectivity index (χ0) is 14.4. The molecule has 0 spiro atoms. The van der Waals surface area contributed by atoms with E-state index in [1.807, 2.05) is 0 Å². The molecule has 4 nitrogen and oxygen atoms in total. The predicted octanol–water partition coefficient (Wildman–Crippen LogP) is 1.99. The Labute approximate surface area is 128 Å². The Bertz CT molecular complexity index is 709. The van der Waals surface area contributed by atoms with Crippen molar-refractivity contribution in [3.8, 4) is 0 Å². The summed E-state index contributed by atoms with van der Waals surface area (Å²) in [5, 5.41) is 4.20. The smallest absolute Gasteiger partial charge is 0.237 e. The number of carbonyl (C=O) groups is 1. The van der Waals surface area contributed by atoms with E-state index in [9.17, 15) is 4.79 Å². The standard InChI is InChI=1S/C16H19N3OS/c1-18-7-8-19-12-5-3-2-4-11(12)14(13(19)10-18)15-16(20)17-6-9-21-15/h2-5,15H,6-10H2,1H3,(H,17,20). The highest BCUT2D eigenvalue weighted by atomic mass is 32.2. The van der Waals surface area contributed by atoms with Crippen LogP contribution in [-0.4, -0.2) is 41.3 Å². The van der Waals surface area contributed by atoms with Crippen LogP contribution in [0.4, 0.5) is 0 Å². The van der Waals surface area contributed by atoms with Crippen molar-refractivity contribution in [3.05, 3.63) is 35.5 Å². The minimum atomic E-state index is -0.0635. The number of hydrogen-bond donors (Lipinski definition) is 1. The summed E-state index contributed by atoms with van der Waals surface area (Å²) < 4.78 is 2.41. The summed E-state index contributed by atoms with van der Waals surface area (Å²) in [7, 11) is 2.15. The fourth-order valence-corrected chi connectivity index (χ4v) is 4.56. The Morgan fingerprint density at radius 3 is 3.00 bits per heavy atom. The number of carbonyl (C=O) groups excluding carboxylic acids is 1. The van der Waals surface area contributed by atoms with Crippen LogP contribution in [0.15, 0.2) is 24.3 Å². The third kappa shape index (κ3) is 2.07. The molecule has 1 amide bonds. The molecule has 0 bridgehead atoms. The second-order valence-electron chi connectivity index (χ2n) is 5.81. The van der Waals surface area contributed by atoms with Crippen LogP contribution in [0.5, 0.6) is 0 Å². The summed E-state index contributed by atoms with van der Waals surface area (Å²) in [5.74, 6) is 1.16. The molecular formula is C16H19N3OS. The number of fused-ring (bicyclic) bond motifs is 3. The normalized spacial score (nSPS) is 23.1. The fourth-order valence-electron chi connectivity index (χ4n) is 3.44. The number of likely N-dealkylation sites (N-methyl/N-ethyl adjacent to an activating group) is 1. The van der Waals surface area contributed by atoms with Crippen molar-refractivity contribution < 1.29 is 4.79 Å². The van der Waals surface area contributed by atoms with E-state index in [0.29, 0.717) is 0 Å². The van der Waals surface area contributed by atoms with Crippen LogP contribution in [-0.2, 0) is 17.9 Å². The number of nitrogens with zero attached hydrogens (tertiary/aromatic N) is 2. The molecule has 0 radical (unpaired) electrons. The van der Waals surface area contributed by atoms with Crippen LogP contribution in [0.2, 0.25) is 0 Å². The van der Waals surface area contributed by atoms with Crippen molar-refractivity contribution in [2.75, 3.05) is 25.9 Å². The minimum absolute atomic E-state index is 0.0635. The average molecular weight is 301 g/mol. The van der Waals surface area contributed by atoms with Gasteiger partial charge in [0.05, 0.1) is 0 Å². The van der Waals surface area contributed by atoms with Crippen molar-refractivity contribution >= 4 is 28.6 Å².